The van der Waals surface area contributed by atoms with Crippen LogP contribution in [0.2, 0.25) is 0 Å². The van der Waals surface area contributed by atoms with Gasteiger partial charge in [-0.3, -0.25) is 0 Å². The fourth-order valence-corrected chi connectivity index (χ4v) is 2.87. The normalized spacial score (nSPS) is 12.2. The third kappa shape index (κ3) is 4.08. The molecule has 0 spiro atoms. The molecule has 0 aliphatic rings. The summed E-state index contributed by atoms with van der Waals surface area (Å²) in [5.74, 6) is 0. The molecule has 1 heteroatoms. The van der Waals surface area contributed by atoms with Crippen molar-refractivity contribution in [2.45, 2.75) is 25.4 Å². The molecular formula is C22H22O. The molecule has 3 rings (SSSR count). The molecule has 0 fully saturated rings. The van der Waals surface area contributed by atoms with Gasteiger partial charge in [0.25, 0.3) is 0 Å². The van der Waals surface area contributed by atoms with E-state index in [1.807, 2.05) is 24.3 Å². The molecule has 0 aliphatic heterocycles. The lowest BCUT2D eigenvalue weighted by molar-refractivity contribution is 0.177. The SMILES string of the molecule is C=C(CCc1ccccc1)CC(O)c1ccc2ccccc2c1. The number of aliphatic hydroxyl groups is 1. The van der Waals surface area contributed by atoms with Crippen molar-refractivity contribution in [1.82, 2.24) is 0 Å². The van der Waals surface area contributed by atoms with Crippen molar-refractivity contribution in [1.29, 1.82) is 0 Å². The molecule has 3 aromatic rings. The second-order valence-electron chi connectivity index (χ2n) is 6.06. The van der Waals surface area contributed by atoms with Crippen LogP contribution in [0, 0.1) is 0 Å². The van der Waals surface area contributed by atoms with Crippen molar-refractivity contribution in [2.75, 3.05) is 0 Å². The van der Waals surface area contributed by atoms with E-state index < -0.39 is 6.10 Å². The van der Waals surface area contributed by atoms with Crippen LogP contribution in [-0.4, -0.2) is 5.11 Å². The summed E-state index contributed by atoms with van der Waals surface area (Å²) in [5.41, 5.74) is 3.37. The Bertz CT molecular complexity index is 789. The van der Waals surface area contributed by atoms with Crippen LogP contribution in [0.3, 0.4) is 0 Å². The van der Waals surface area contributed by atoms with Gasteiger partial charge < -0.3 is 5.11 Å². The van der Waals surface area contributed by atoms with Gasteiger partial charge in [0.1, 0.15) is 0 Å². The van der Waals surface area contributed by atoms with Gasteiger partial charge in [-0.2, -0.15) is 0 Å². The van der Waals surface area contributed by atoms with Gasteiger partial charge in [0, 0.05) is 0 Å². The highest BCUT2D eigenvalue weighted by Gasteiger charge is 2.10. The molecule has 3 aromatic carbocycles. The third-order valence-electron chi connectivity index (χ3n) is 4.25. The first kappa shape index (κ1) is 15.5. The predicted molar refractivity (Wildman–Crippen MR) is 97.4 cm³/mol. The fourth-order valence-electron chi connectivity index (χ4n) is 2.87. The fraction of sp³-hybridized carbons (Fsp3) is 0.182. The number of hydrogen-bond acceptors (Lipinski definition) is 1. The van der Waals surface area contributed by atoms with Gasteiger partial charge in [-0.1, -0.05) is 78.9 Å². The standard InChI is InChI=1S/C22H22O/c1-17(11-12-18-7-3-2-4-8-18)15-22(23)21-14-13-19-9-5-6-10-20(19)16-21/h2-10,13-14,16,22-23H,1,11-12,15H2. The highest BCUT2D eigenvalue weighted by Crippen LogP contribution is 2.25. The first-order chi connectivity index (χ1) is 11.2. The van der Waals surface area contributed by atoms with Gasteiger partial charge in [-0.25, -0.2) is 0 Å². The van der Waals surface area contributed by atoms with Crippen molar-refractivity contribution in [2.24, 2.45) is 0 Å². The lowest BCUT2D eigenvalue weighted by Crippen LogP contribution is -2.00. The van der Waals surface area contributed by atoms with Crippen LogP contribution in [0.1, 0.15) is 30.1 Å². The highest BCUT2D eigenvalue weighted by atomic mass is 16.3. The number of benzene rings is 3. The summed E-state index contributed by atoms with van der Waals surface area (Å²) in [6, 6.07) is 24.8. The van der Waals surface area contributed by atoms with Gasteiger partial charge in [0.15, 0.2) is 0 Å². The van der Waals surface area contributed by atoms with Crippen molar-refractivity contribution < 1.29 is 5.11 Å². The number of hydrogen-bond donors (Lipinski definition) is 1. The van der Waals surface area contributed by atoms with E-state index in [2.05, 4.69) is 55.1 Å². The second kappa shape index (κ2) is 7.26. The highest BCUT2D eigenvalue weighted by molar-refractivity contribution is 5.83. The Hall–Kier alpha value is -2.38. The summed E-state index contributed by atoms with van der Waals surface area (Å²) < 4.78 is 0. The van der Waals surface area contributed by atoms with Crippen LogP contribution in [0.4, 0.5) is 0 Å². The zero-order chi connectivity index (χ0) is 16.1. The summed E-state index contributed by atoms with van der Waals surface area (Å²) in [4.78, 5) is 0. The molecule has 1 unspecified atom stereocenters. The molecule has 0 radical (unpaired) electrons. The van der Waals surface area contributed by atoms with Gasteiger partial charge >= 0.3 is 0 Å². The quantitative estimate of drug-likeness (QED) is 0.600. The number of fused-ring (bicyclic) bond motifs is 1. The average molecular weight is 302 g/mol. The van der Waals surface area contributed by atoms with Crippen molar-refractivity contribution >= 4 is 10.8 Å². The van der Waals surface area contributed by atoms with Crippen molar-refractivity contribution in [3.63, 3.8) is 0 Å². The summed E-state index contributed by atoms with van der Waals surface area (Å²) in [5, 5.41) is 12.9. The maximum absolute atomic E-state index is 10.5. The summed E-state index contributed by atoms with van der Waals surface area (Å²) in [6.07, 6.45) is 2.02. The smallest absolute Gasteiger partial charge is 0.0827 e. The molecule has 1 N–H and O–H groups in total. The third-order valence-corrected chi connectivity index (χ3v) is 4.25. The van der Waals surface area contributed by atoms with E-state index in [-0.39, 0.29) is 0 Å². The zero-order valence-electron chi connectivity index (χ0n) is 13.3. The molecule has 0 bridgehead atoms. The van der Waals surface area contributed by atoms with Crippen LogP contribution in [0.25, 0.3) is 10.8 Å². The molecule has 0 saturated heterocycles. The number of rotatable bonds is 6. The van der Waals surface area contributed by atoms with Crippen LogP contribution < -0.4 is 0 Å². The molecule has 0 heterocycles. The van der Waals surface area contributed by atoms with Crippen LogP contribution in [-0.2, 0) is 6.42 Å². The summed E-state index contributed by atoms with van der Waals surface area (Å²) in [6.45, 7) is 4.14. The van der Waals surface area contributed by atoms with E-state index in [4.69, 9.17) is 0 Å². The minimum absolute atomic E-state index is 0.483. The van der Waals surface area contributed by atoms with Crippen LogP contribution >= 0.6 is 0 Å². The predicted octanol–water partition coefficient (Wildman–Crippen LogP) is 5.45. The van der Waals surface area contributed by atoms with E-state index in [1.54, 1.807) is 0 Å². The molecule has 0 aromatic heterocycles. The maximum Gasteiger partial charge on any atom is 0.0827 e. The van der Waals surface area contributed by atoms with E-state index in [1.165, 1.54) is 16.3 Å². The molecule has 23 heavy (non-hydrogen) atoms. The zero-order valence-corrected chi connectivity index (χ0v) is 13.3. The molecule has 0 amide bonds. The summed E-state index contributed by atoms with van der Waals surface area (Å²) in [7, 11) is 0. The minimum Gasteiger partial charge on any atom is -0.388 e. The van der Waals surface area contributed by atoms with Gasteiger partial charge in [-0.15, -0.1) is 0 Å². The number of aliphatic hydroxyl groups excluding tert-OH is 1. The Morgan fingerprint density at radius 1 is 0.870 bits per heavy atom. The summed E-state index contributed by atoms with van der Waals surface area (Å²) >= 11 is 0. The minimum atomic E-state index is -0.483. The first-order valence-electron chi connectivity index (χ1n) is 8.10. The maximum atomic E-state index is 10.5. The van der Waals surface area contributed by atoms with Crippen LogP contribution in [0.15, 0.2) is 84.9 Å². The Labute approximate surface area is 137 Å². The van der Waals surface area contributed by atoms with E-state index in [0.29, 0.717) is 6.42 Å². The van der Waals surface area contributed by atoms with Gasteiger partial charge in [-0.05, 0) is 47.2 Å². The Kier molecular flexibility index (Phi) is 4.89. The monoisotopic (exact) mass is 302 g/mol. The molecule has 116 valence electrons. The second-order valence-corrected chi connectivity index (χ2v) is 6.06. The van der Waals surface area contributed by atoms with Gasteiger partial charge in [0.05, 0.1) is 6.10 Å². The number of aryl methyl sites for hydroxylation is 1. The first-order valence-corrected chi connectivity index (χ1v) is 8.10. The average Bonchev–Trinajstić information content (AvgIpc) is 2.60. The lowest BCUT2D eigenvalue weighted by Gasteiger charge is -2.14. The molecule has 1 nitrogen and oxygen atoms in total. The molecule has 0 saturated carbocycles. The van der Waals surface area contributed by atoms with Crippen LogP contribution in [0.5, 0.6) is 0 Å². The Morgan fingerprint density at radius 2 is 1.57 bits per heavy atom. The van der Waals surface area contributed by atoms with Crippen molar-refractivity contribution in [3.8, 4) is 0 Å². The lowest BCUT2D eigenvalue weighted by atomic mass is 9.96. The van der Waals surface area contributed by atoms with Crippen molar-refractivity contribution in [3.05, 3.63) is 96.1 Å². The Morgan fingerprint density at radius 3 is 2.35 bits per heavy atom. The van der Waals surface area contributed by atoms with E-state index in [0.717, 1.165) is 24.0 Å². The topological polar surface area (TPSA) is 20.2 Å². The van der Waals surface area contributed by atoms with E-state index in [9.17, 15) is 5.11 Å². The molecule has 0 aliphatic carbocycles. The van der Waals surface area contributed by atoms with Gasteiger partial charge in [0.2, 0.25) is 0 Å². The Balaban J connectivity index is 1.61. The molecule has 1 atom stereocenters. The van der Waals surface area contributed by atoms with E-state index >= 15 is 0 Å². The largest absolute Gasteiger partial charge is 0.388 e. The molecular weight excluding hydrogens is 280 g/mol.